The largest absolute Gasteiger partial charge is 0.492 e. The molecule has 2 aromatic heterocycles. The average Bonchev–Trinajstić information content (AvgIpc) is 2.76. The van der Waals surface area contributed by atoms with Gasteiger partial charge >= 0.3 is 0 Å². The number of hydrogen-bond donors (Lipinski definition) is 1. The molecule has 1 unspecified atom stereocenters. The maximum Gasteiger partial charge on any atom is 0.137 e. The number of hydrogen-bond acceptors (Lipinski definition) is 4. The van der Waals surface area contributed by atoms with Crippen LogP contribution in [0.15, 0.2) is 32.8 Å². The summed E-state index contributed by atoms with van der Waals surface area (Å²) in [5, 5.41) is 10.4. The molecule has 0 radical (unpaired) electrons. The predicted molar refractivity (Wildman–Crippen MR) is 83.8 cm³/mol. The van der Waals surface area contributed by atoms with E-state index in [2.05, 4.69) is 36.8 Å². The minimum Gasteiger partial charge on any atom is -0.492 e. The summed E-state index contributed by atoms with van der Waals surface area (Å²) in [4.78, 5) is 4.96. The van der Waals surface area contributed by atoms with E-state index >= 15 is 0 Å². The summed E-state index contributed by atoms with van der Waals surface area (Å²) in [5.74, 6) is 0.688. The lowest BCUT2D eigenvalue weighted by Crippen LogP contribution is -2.00. The van der Waals surface area contributed by atoms with Gasteiger partial charge in [-0.05, 0) is 50.4 Å². The summed E-state index contributed by atoms with van der Waals surface area (Å²) in [6.45, 7) is 2.70. The summed E-state index contributed by atoms with van der Waals surface area (Å²) in [6.07, 6.45) is 3.57. The van der Waals surface area contributed by atoms with E-state index in [9.17, 15) is 5.11 Å². The lowest BCUT2D eigenvalue weighted by molar-refractivity contribution is 0.222. The van der Waals surface area contributed by atoms with Gasteiger partial charge in [0.1, 0.15) is 11.9 Å². The number of aliphatic hydroxyl groups is 1. The maximum atomic E-state index is 10.4. The van der Waals surface area contributed by atoms with Crippen LogP contribution in [0, 0.1) is 0 Å². The third-order valence-corrected chi connectivity index (χ3v) is 5.77. The molecule has 0 aliphatic carbocycles. The van der Waals surface area contributed by atoms with Gasteiger partial charge in [-0.15, -0.1) is 11.3 Å². The summed E-state index contributed by atoms with van der Waals surface area (Å²) in [6, 6.07) is 3.73. The highest BCUT2D eigenvalue weighted by Gasteiger charge is 2.16. The first-order valence-electron chi connectivity index (χ1n) is 5.82. The zero-order chi connectivity index (χ0) is 13.8. The van der Waals surface area contributed by atoms with Crippen LogP contribution >= 0.6 is 43.2 Å². The molecule has 2 aromatic rings. The van der Waals surface area contributed by atoms with Gasteiger partial charge < -0.3 is 9.84 Å². The second kappa shape index (κ2) is 6.83. The first-order chi connectivity index (χ1) is 9.11. The molecule has 2 heterocycles. The molecule has 1 atom stereocenters. The van der Waals surface area contributed by atoms with Crippen molar-refractivity contribution in [3.05, 3.63) is 43.2 Å². The van der Waals surface area contributed by atoms with Gasteiger partial charge in [-0.1, -0.05) is 6.92 Å². The summed E-state index contributed by atoms with van der Waals surface area (Å²) >= 11 is 8.34. The van der Waals surface area contributed by atoms with Crippen LogP contribution in [0.3, 0.4) is 0 Å². The van der Waals surface area contributed by atoms with Gasteiger partial charge in [0.2, 0.25) is 0 Å². The van der Waals surface area contributed by atoms with Gasteiger partial charge in [-0.3, -0.25) is 4.98 Å². The van der Waals surface area contributed by atoms with Crippen molar-refractivity contribution in [2.24, 2.45) is 0 Å². The molecule has 0 aromatic carbocycles. The minimum absolute atomic E-state index is 0.650. The normalized spacial score (nSPS) is 12.4. The number of halogens is 2. The zero-order valence-corrected chi connectivity index (χ0v) is 14.3. The smallest absolute Gasteiger partial charge is 0.137 e. The fraction of sp³-hybridized carbons (Fsp3) is 0.308. The van der Waals surface area contributed by atoms with Crippen LogP contribution in [-0.4, -0.2) is 16.7 Å². The topological polar surface area (TPSA) is 42.4 Å². The molecular weight excluding hydrogens is 394 g/mol. The molecule has 102 valence electrons. The molecule has 0 aliphatic rings. The van der Waals surface area contributed by atoms with Crippen molar-refractivity contribution < 1.29 is 9.84 Å². The summed E-state index contributed by atoms with van der Waals surface area (Å²) < 4.78 is 7.43. The Morgan fingerprint density at radius 1 is 1.37 bits per heavy atom. The molecule has 0 amide bonds. The standard InChI is InChI=1S/C13H13Br2NO2S/c1-2-3-18-9-4-8(6-16-7-9)12(17)11-5-10(14)13(15)19-11/h4-7,12,17H,2-3H2,1H3. The van der Waals surface area contributed by atoms with Gasteiger partial charge in [0.15, 0.2) is 0 Å². The van der Waals surface area contributed by atoms with Gasteiger partial charge in [0, 0.05) is 21.1 Å². The number of pyridine rings is 1. The Morgan fingerprint density at radius 3 is 2.79 bits per heavy atom. The van der Waals surface area contributed by atoms with Crippen LogP contribution in [-0.2, 0) is 0 Å². The van der Waals surface area contributed by atoms with Crippen molar-refractivity contribution in [1.82, 2.24) is 4.98 Å². The van der Waals surface area contributed by atoms with Crippen molar-refractivity contribution in [2.75, 3.05) is 6.61 Å². The number of nitrogens with zero attached hydrogens (tertiary/aromatic N) is 1. The highest BCUT2D eigenvalue weighted by molar-refractivity contribution is 9.13. The van der Waals surface area contributed by atoms with Crippen LogP contribution in [0.25, 0.3) is 0 Å². The van der Waals surface area contributed by atoms with Gasteiger partial charge in [0.05, 0.1) is 16.6 Å². The molecule has 0 saturated carbocycles. The van der Waals surface area contributed by atoms with Crippen LogP contribution in [0.2, 0.25) is 0 Å². The molecule has 1 N–H and O–H groups in total. The first-order valence-corrected chi connectivity index (χ1v) is 8.22. The van der Waals surface area contributed by atoms with E-state index in [4.69, 9.17) is 4.74 Å². The SMILES string of the molecule is CCCOc1cncc(C(O)c2cc(Br)c(Br)s2)c1. The third kappa shape index (κ3) is 3.78. The fourth-order valence-corrected chi connectivity index (χ4v) is 3.65. The Morgan fingerprint density at radius 2 is 2.16 bits per heavy atom. The predicted octanol–water partition coefficient (Wildman–Crippen LogP) is 4.54. The van der Waals surface area contributed by atoms with Gasteiger partial charge in [0.25, 0.3) is 0 Å². The number of aromatic nitrogens is 1. The molecule has 0 fully saturated rings. The van der Waals surface area contributed by atoms with Crippen molar-refractivity contribution in [2.45, 2.75) is 19.4 Å². The molecule has 6 heteroatoms. The summed E-state index contributed by atoms with van der Waals surface area (Å²) in [7, 11) is 0. The van der Waals surface area contributed by atoms with E-state index in [-0.39, 0.29) is 0 Å². The van der Waals surface area contributed by atoms with E-state index in [1.165, 1.54) is 11.3 Å². The van der Waals surface area contributed by atoms with E-state index in [0.29, 0.717) is 12.4 Å². The van der Waals surface area contributed by atoms with Gasteiger partial charge in [-0.25, -0.2) is 0 Å². The van der Waals surface area contributed by atoms with E-state index in [1.54, 1.807) is 12.4 Å². The average molecular weight is 407 g/mol. The number of aliphatic hydroxyl groups excluding tert-OH is 1. The van der Waals surface area contributed by atoms with Crippen LogP contribution in [0.4, 0.5) is 0 Å². The number of thiophene rings is 1. The highest BCUT2D eigenvalue weighted by atomic mass is 79.9. The zero-order valence-electron chi connectivity index (χ0n) is 10.3. The Kier molecular flexibility index (Phi) is 5.38. The molecule has 19 heavy (non-hydrogen) atoms. The van der Waals surface area contributed by atoms with E-state index in [1.807, 2.05) is 19.1 Å². The monoisotopic (exact) mass is 405 g/mol. The quantitative estimate of drug-likeness (QED) is 0.792. The second-order valence-electron chi connectivity index (χ2n) is 3.98. The highest BCUT2D eigenvalue weighted by Crippen LogP contribution is 2.37. The minimum atomic E-state index is -0.690. The first kappa shape index (κ1) is 15.0. The van der Waals surface area contributed by atoms with Crippen LogP contribution in [0.1, 0.15) is 29.9 Å². The van der Waals surface area contributed by atoms with E-state index < -0.39 is 6.10 Å². The molecule has 0 spiro atoms. The Balaban J connectivity index is 2.20. The number of ether oxygens (including phenoxy) is 1. The second-order valence-corrected chi connectivity index (χ2v) is 7.23. The van der Waals surface area contributed by atoms with Crippen molar-refractivity contribution in [1.29, 1.82) is 0 Å². The van der Waals surface area contributed by atoms with Crippen molar-refractivity contribution >= 4 is 43.2 Å². The lowest BCUT2D eigenvalue weighted by atomic mass is 10.1. The fourth-order valence-electron chi connectivity index (χ4n) is 1.55. The third-order valence-electron chi connectivity index (χ3n) is 2.46. The lowest BCUT2D eigenvalue weighted by Gasteiger charge is -2.10. The molecule has 0 saturated heterocycles. The van der Waals surface area contributed by atoms with E-state index in [0.717, 1.165) is 25.1 Å². The molecule has 3 nitrogen and oxygen atoms in total. The van der Waals surface area contributed by atoms with Crippen molar-refractivity contribution in [3.8, 4) is 5.75 Å². The molecular formula is C13H13Br2NO2S. The number of rotatable bonds is 5. The Labute approximate surface area is 132 Å². The summed E-state index contributed by atoms with van der Waals surface area (Å²) in [5.41, 5.74) is 0.731. The molecule has 0 aliphatic heterocycles. The van der Waals surface area contributed by atoms with Crippen LogP contribution in [0.5, 0.6) is 5.75 Å². The molecule has 2 rings (SSSR count). The Hall–Kier alpha value is -0.430. The maximum absolute atomic E-state index is 10.4. The van der Waals surface area contributed by atoms with Gasteiger partial charge in [-0.2, -0.15) is 0 Å². The molecule has 0 bridgehead atoms. The Bertz CT molecular complexity index is 540. The van der Waals surface area contributed by atoms with Crippen molar-refractivity contribution in [3.63, 3.8) is 0 Å². The van der Waals surface area contributed by atoms with Crippen LogP contribution < -0.4 is 4.74 Å².